The van der Waals surface area contributed by atoms with E-state index in [0.29, 0.717) is 5.75 Å². The van der Waals surface area contributed by atoms with Gasteiger partial charge < -0.3 is 5.11 Å². The second kappa shape index (κ2) is 8.77. The fraction of sp³-hybridized carbons (Fsp3) is 0.0833. The van der Waals surface area contributed by atoms with E-state index >= 15 is 0 Å². The van der Waals surface area contributed by atoms with Gasteiger partial charge >= 0.3 is 0 Å². The van der Waals surface area contributed by atoms with Crippen molar-refractivity contribution >= 4 is 0 Å². The van der Waals surface area contributed by atoms with E-state index in [2.05, 4.69) is 28.2 Å². The van der Waals surface area contributed by atoms with E-state index in [9.17, 15) is 5.11 Å². The SMILES string of the molecule is Cc1cccc(C)c1O.c1ccc(-c2cccc(-c3ccccn3)c2)nc1. The van der Waals surface area contributed by atoms with Crippen LogP contribution in [0.4, 0.5) is 0 Å². The summed E-state index contributed by atoms with van der Waals surface area (Å²) < 4.78 is 0. The molecule has 0 radical (unpaired) electrons. The van der Waals surface area contributed by atoms with Crippen LogP contribution >= 0.6 is 0 Å². The standard InChI is InChI=1S/C16H12N2.C8H10O/c1-3-10-17-15(8-1)13-6-5-7-14(12-13)16-9-2-4-11-18-16;1-6-4-3-5-7(2)8(6)9/h1-12H;3-5,9H,1-2H3. The third kappa shape index (κ3) is 4.79. The lowest BCUT2D eigenvalue weighted by molar-refractivity contribution is 0.467. The summed E-state index contributed by atoms with van der Waals surface area (Å²) in [6, 6.07) is 25.9. The number of phenols is 1. The van der Waals surface area contributed by atoms with Crippen molar-refractivity contribution in [1.29, 1.82) is 0 Å². The molecule has 0 atom stereocenters. The number of aryl methyl sites for hydroxylation is 2. The lowest BCUT2D eigenvalue weighted by Gasteiger charge is -2.04. The molecule has 0 aliphatic carbocycles. The number of para-hydroxylation sites is 1. The van der Waals surface area contributed by atoms with Gasteiger partial charge in [0, 0.05) is 23.5 Å². The molecule has 0 unspecified atom stereocenters. The maximum absolute atomic E-state index is 9.21. The summed E-state index contributed by atoms with van der Waals surface area (Å²) >= 11 is 0. The number of pyridine rings is 2. The second-order valence-corrected chi connectivity index (χ2v) is 6.25. The van der Waals surface area contributed by atoms with Crippen molar-refractivity contribution in [1.82, 2.24) is 9.97 Å². The van der Waals surface area contributed by atoms with E-state index < -0.39 is 0 Å². The van der Waals surface area contributed by atoms with Crippen LogP contribution in [0, 0.1) is 13.8 Å². The number of benzene rings is 2. The summed E-state index contributed by atoms with van der Waals surface area (Å²) in [4.78, 5) is 8.73. The van der Waals surface area contributed by atoms with Gasteiger partial charge in [-0.25, -0.2) is 0 Å². The van der Waals surface area contributed by atoms with Crippen LogP contribution in [0.2, 0.25) is 0 Å². The van der Waals surface area contributed by atoms with Crippen molar-refractivity contribution in [3.63, 3.8) is 0 Å². The Morgan fingerprint density at radius 2 is 1.07 bits per heavy atom. The topological polar surface area (TPSA) is 46.0 Å². The Kier molecular flexibility index (Phi) is 5.95. The van der Waals surface area contributed by atoms with Gasteiger partial charge in [-0.3, -0.25) is 9.97 Å². The molecule has 134 valence electrons. The number of phenolic OH excluding ortho intramolecular Hbond substituents is 1. The van der Waals surface area contributed by atoms with Gasteiger partial charge in [-0.05, 0) is 55.3 Å². The highest BCUT2D eigenvalue weighted by Gasteiger charge is 2.02. The van der Waals surface area contributed by atoms with Crippen molar-refractivity contribution < 1.29 is 5.11 Å². The Hall–Kier alpha value is -3.46. The van der Waals surface area contributed by atoms with Gasteiger partial charge in [-0.1, -0.05) is 48.5 Å². The molecule has 0 aliphatic heterocycles. The van der Waals surface area contributed by atoms with Crippen LogP contribution in [-0.2, 0) is 0 Å². The van der Waals surface area contributed by atoms with Gasteiger partial charge in [0.2, 0.25) is 0 Å². The van der Waals surface area contributed by atoms with Crippen molar-refractivity contribution in [3.05, 3.63) is 102 Å². The van der Waals surface area contributed by atoms with Crippen molar-refractivity contribution in [2.75, 3.05) is 0 Å². The molecule has 0 aliphatic rings. The van der Waals surface area contributed by atoms with E-state index in [1.807, 2.05) is 86.9 Å². The van der Waals surface area contributed by atoms with Gasteiger partial charge in [-0.15, -0.1) is 0 Å². The van der Waals surface area contributed by atoms with Crippen LogP contribution in [0.3, 0.4) is 0 Å². The second-order valence-electron chi connectivity index (χ2n) is 6.25. The Morgan fingerprint density at radius 1 is 0.593 bits per heavy atom. The first-order chi connectivity index (χ1) is 13.1. The summed E-state index contributed by atoms with van der Waals surface area (Å²) in [7, 11) is 0. The minimum atomic E-state index is 0.414. The molecule has 0 bridgehead atoms. The maximum atomic E-state index is 9.21. The van der Waals surface area contributed by atoms with Gasteiger partial charge in [0.15, 0.2) is 0 Å². The minimum absolute atomic E-state index is 0.414. The van der Waals surface area contributed by atoms with E-state index in [1.54, 1.807) is 0 Å². The largest absolute Gasteiger partial charge is 0.507 e. The lowest BCUT2D eigenvalue weighted by atomic mass is 10.1. The summed E-state index contributed by atoms with van der Waals surface area (Å²) in [5, 5.41) is 9.21. The van der Waals surface area contributed by atoms with Gasteiger partial charge in [0.05, 0.1) is 11.4 Å². The van der Waals surface area contributed by atoms with Crippen LogP contribution in [0.25, 0.3) is 22.5 Å². The molecule has 3 heteroatoms. The number of rotatable bonds is 2. The number of aromatic hydroxyl groups is 1. The summed E-state index contributed by atoms with van der Waals surface area (Å²) in [5.74, 6) is 0.414. The Morgan fingerprint density at radius 3 is 1.48 bits per heavy atom. The molecule has 0 spiro atoms. The Balaban J connectivity index is 0.000000197. The van der Waals surface area contributed by atoms with Crippen LogP contribution in [-0.4, -0.2) is 15.1 Å². The van der Waals surface area contributed by atoms with E-state index in [1.165, 1.54) is 0 Å². The highest BCUT2D eigenvalue weighted by molar-refractivity contribution is 5.69. The Bertz CT molecular complexity index is 924. The smallest absolute Gasteiger partial charge is 0.121 e. The average Bonchev–Trinajstić information content (AvgIpc) is 2.74. The highest BCUT2D eigenvalue weighted by Crippen LogP contribution is 2.23. The predicted octanol–water partition coefficient (Wildman–Crippen LogP) is 5.82. The van der Waals surface area contributed by atoms with E-state index in [0.717, 1.165) is 33.6 Å². The zero-order valence-corrected chi connectivity index (χ0v) is 15.5. The average molecular weight is 354 g/mol. The van der Waals surface area contributed by atoms with Gasteiger partial charge in [0.1, 0.15) is 5.75 Å². The molecular formula is C24H22N2O. The number of hydrogen-bond acceptors (Lipinski definition) is 3. The maximum Gasteiger partial charge on any atom is 0.121 e. The van der Waals surface area contributed by atoms with E-state index in [4.69, 9.17) is 0 Å². The molecule has 0 fully saturated rings. The first kappa shape index (κ1) is 18.3. The zero-order chi connectivity index (χ0) is 19.1. The predicted molar refractivity (Wildman–Crippen MR) is 110 cm³/mol. The summed E-state index contributed by atoms with van der Waals surface area (Å²) in [5.41, 5.74) is 6.06. The first-order valence-corrected chi connectivity index (χ1v) is 8.83. The molecule has 3 nitrogen and oxygen atoms in total. The quantitative estimate of drug-likeness (QED) is 0.493. The van der Waals surface area contributed by atoms with Crippen LogP contribution in [0.15, 0.2) is 91.3 Å². The number of hydrogen-bond donors (Lipinski definition) is 1. The number of nitrogens with zero attached hydrogens (tertiary/aromatic N) is 2. The fourth-order valence-corrected chi connectivity index (χ4v) is 2.71. The molecule has 4 rings (SSSR count). The minimum Gasteiger partial charge on any atom is -0.507 e. The Labute approximate surface area is 160 Å². The lowest BCUT2D eigenvalue weighted by Crippen LogP contribution is -1.85. The molecule has 0 amide bonds. The molecule has 4 aromatic rings. The third-order valence-corrected chi connectivity index (χ3v) is 4.22. The van der Waals surface area contributed by atoms with Crippen LogP contribution < -0.4 is 0 Å². The highest BCUT2D eigenvalue weighted by atomic mass is 16.3. The molecule has 0 saturated heterocycles. The van der Waals surface area contributed by atoms with E-state index in [-0.39, 0.29) is 0 Å². The third-order valence-electron chi connectivity index (χ3n) is 4.22. The molecule has 2 aromatic carbocycles. The molecule has 2 heterocycles. The monoisotopic (exact) mass is 354 g/mol. The first-order valence-electron chi connectivity index (χ1n) is 8.83. The van der Waals surface area contributed by atoms with Gasteiger partial charge in [0.25, 0.3) is 0 Å². The number of aromatic nitrogens is 2. The van der Waals surface area contributed by atoms with Gasteiger partial charge in [-0.2, -0.15) is 0 Å². The molecule has 2 aromatic heterocycles. The van der Waals surface area contributed by atoms with Crippen molar-refractivity contribution in [2.45, 2.75) is 13.8 Å². The molecule has 1 N–H and O–H groups in total. The summed E-state index contributed by atoms with van der Waals surface area (Å²) in [6.07, 6.45) is 3.62. The van der Waals surface area contributed by atoms with Crippen molar-refractivity contribution in [3.8, 4) is 28.3 Å². The summed E-state index contributed by atoms with van der Waals surface area (Å²) in [6.45, 7) is 3.78. The molecular weight excluding hydrogens is 332 g/mol. The van der Waals surface area contributed by atoms with Crippen molar-refractivity contribution in [2.24, 2.45) is 0 Å². The normalized spacial score (nSPS) is 10.0. The molecule has 27 heavy (non-hydrogen) atoms. The fourth-order valence-electron chi connectivity index (χ4n) is 2.71. The molecule has 0 saturated carbocycles. The van der Waals surface area contributed by atoms with Crippen LogP contribution in [0.1, 0.15) is 11.1 Å². The zero-order valence-electron chi connectivity index (χ0n) is 15.5. The van der Waals surface area contributed by atoms with Crippen LogP contribution in [0.5, 0.6) is 5.75 Å².